The molecule has 0 fully saturated rings. The lowest BCUT2D eigenvalue weighted by atomic mass is 10.1. The van der Waals surface area contributed by atoms with Crippen LogP contribution in [0, 0.1) is 0 Å². The molecule has 23 heavy (non-hydrogen) atoms. The van der Waals surface area contributed by atoms with Crippen LogP contribution in [0.1, 0.15) is 24.8 Å². The van der Waals surface area contributed by atoms with Crippen LogP contribution in [-0.4, -0.2) is 32.7 Å². The Morgan fingerprint density at radius 3 is 1.96 bits per heavy atom. The Balaban J connectivity index is 1.93. The molecule has 0 radical (unpaired) electrons. The average molecular weight is 326 g/mol. The minimum absolute atomic E-state index is 0.695. The first kappa shape index (κ1) is 18.0. The van der Waals surface area contributed by atoms with Crippen LogP contribution in [0.5, 0.6) is 0 Å². The first-order valence-electron chi connectivity index (χ1n) is 8.77. The smallest absolute Gasteiger partial charge is 0.0986 e. The van der Waals surface area contributed by atoms with Gasteiger partial charge in [0.2, 0.25) is 0 Å². The van der Waals surface area contributed by atoms with Crippen LogP contribution in [0.3, 0.4) is 0 Å². The fourth-order valence-corrected chi connectivity index (χ4v) is 7.29. The van der Waals surface area contributed by atoms with Crippen LogP contribution in [0.15, 0.2) is 60.7 Å². The summed E-state index contributed by atoms with van der Waals surface area (Å²) in [6, 6.07) is 22.0. The van der Waals surface area contributed by atoms with Crippen molar-refractivity contribution in [1.29, 1.82) is 0 Å². The molecule has 124 valence electrons. The van der Waals surface area contributed by atoms with Gasteiger partial charge in [0.25, 0.3) is 0 Å². The van der Waals surface area contributed by atoms with E-state index in [4.69, 9.17) is 0 Å². The van der Waals surface area contributed by atoms with Gasteiger partial charge in [0.05, 0.1) is 8.07 Å². The van der Waals surface area contributed by atoms with E-state index in [1.807, 2.05) is 0 Å². The lowest BCUT2D eigenvalue weighted by Crippen LogP contribution is -2.58. The van der Waals surface area contributed by atoms with Crippen LogP contribution in [0.4, 0.5) is 0 Å². The standard InChI is InChI=1S/C21H31NSi/c1-22(2)21(23(3,4)20-16-9-6-10-17-20)18-12-11-15-19-13-7-5-8-14-19/h5-10,13-14,16-17,21H,11-12,15,18H2,1-4H3. The Hall–Kier alpha value is -1.38. The van der Waals surface area contributed by atoms with E-state index in [0.29, 0.717) is 5.67 Å². The average Bonchev–Trinajstić information content (AvgIpc) is 2.56. The summed E-state index contributed by atoms with van der Waals surface area (Å²) >= 11 is 0. The summed E-state index contributed by atoms with van der Waals surface area (Å²) < 4.78 is 0. The van der Waals surface area contributed by atoms with Gasteiger partial charge in [-0.25, -0.2) is 0 Å². The van der Waals surface area contributed by atoms with Gasteiger partial charge in [0.15, 0.2) is 0 Å². The Morgan fingerprint density at radius 2 is 1.39 bits per heavy atom. The lowest BCUT2D eigenvalue weighted by Gasteiger charge is -2.38. The topological polar surface area (TPSA) is 3.24 Å². The van der Waals surface area contributed by atoms with Gasteiger partial charge in [-0.15, -0.1) is 0 Å². The van der Waals surface area contributed by atoms with Gasteiger partial charge >= 0.3 is 0 Å². The number of benzene rings is 2. The molecule has 2 heteroatoms. The molecule has 0 N–H and O–H groups in total. The third-order valence-electron chi connectivity index (χ3n) is 5.01. The van der Waals surface area contributed by atoms with E-state index < -0.39 is 8.07 Å². The summed E-state index contributed by atoms with van der Waals surface area (Å²) in [5, 5.41) is 1.57. The maximum absolute atomic E-state index is 2.52. The Labute approximate surface area is 143 Å². The van der Waals surface area contributed by atoms with E-state index in [1.54, 1.807) is 5.19 Å². The second-order valence-electron chi connectivity index (χ2n) is 7.30. The molecule has 1 nitrogen and oxygen atoms in total. The van der Waals surface area contributed by atoms with Crippen LogP contribution in [-0.2, 0) is 6.42 Å². The summed E-state index contributed by atoms with van der Waals surface area (Å²) in [4.78, 5) is 2.46. The molecule has 0 aromatic heterocycles. The second kappa shape index (κ2) is 8.46. The van der Waals surface area contributed by atoms with Gasteiger partial charge in [-0.05, 0) is 38.9 Å². The Kier molecular flexibility index (Phi) is 6.61. The highest BCUT2D eigenvalue weighted by Crippen LogP contribution is 2.19. The molecule has 1 atom stereocenters. The van der Waals surface area contributed by atoms with Crippen molar-refractivity contribution >= 4 is 13.3 Å². The van der Waals surface area contributed by atoms with Crippen molar-refractivity contribution < 1.29 is 0 Å². The van der Waals surface area contributed by atoms with Gasteiger partial charge in [0.1, 0.15) is 0 Å². The number of rotatable bonds is 8. The zero-order valence-corrected chi connectivity index (χ0v) is 16.1. The predicted octanol–water partition coefficient (Wildman–Crippen LogP) is 4.48. The molecule has 0 aliphatic carbocycles. The molecule has 0 spiro atoms. The number of hydrogen-bond acceptors (Lipinski definition) is 1. The molecular formula is C21H31NSi. The van der Waals surface area contributed by atoms with Crippen molar-refractivity contribution in [3.8, 4) is 0 Å². The summed E-state index contributed by atoms with van der Waals surface area (Å²) in [6.07, 6.45) is 5.09. The van der Waals surface area contributed by atoms with Crippen molar-refractivity contribution in [3.63, 3.8) is 0 Å². The highest BCUT2D eigenvalue weighted by Gasteiger charge is 2.34. The van der Waals surface area contributed by atoms with Gasteiger partial charge in [-0.1, -0.05) is 85.4 Å². The van der Waals surface area contributed by atoms with Crippen molar-refractivity contribution in [2.24, 2.45) is 0 Å². The molecule has 0 heterocycles. The van der Waals surface area contributed by atoms with E-state index in [1.165, 1.54) is 31.2 Å². The fourth-order valence-electron chi connectivity index (χ4n) is 3.64. The van der Waals surface area contributed by atoms with E-state index >= 15 is 0 Å². The van der Waals surface area contributed by atoms with Crippen molar-refractivity contribution in [1.82, 2.24) is 4.90 Å². The minimum Gasteiger partial charge on any atom is -0.309 e. The van der Waals surface area contributed by atoms with Gasteiger partial charge in [0, 0.05) is 5.67 Å². The Morgan fingerprint density at radius 1 is 0.826 bits per heavy atom. The van der Waals surface area contributed by atoms with Gasteiger partial charge in [-0.2, -0.15) is 0 Å². The number of unbranched alkanes of at least 4 members (excludes halogenated alkanes) is 1. The summed E-state index contributed by atoms with van der Waals surface area (Å²) in [5.41, 5.74) is 2.16. The zero-order valence-electron chi connectivity index (χ0n) is 15.1. The SMILES string of the molecule is CN(C)C(CCCCc1ccccc1)[Si](C)(C)c1ccccc1. The Bertz CT molecular complexity index is 563. The lowest BCUT2D eigenvalue weighted by molar-refractivity contribution is 0.342. The van der Waals surface area contributed by atoms with Crippen molar-refractivity contribution in [2.75, 3.05) is 14.1 Å². The first-order valence-corrected chi connectivity index (χ1v) is 11.9. The second-order valence-corrected chi connectivity index (χ2v) is 12.0. The number of hydrogen-bond donors (Lipinski definition) is 0. The summed E-state index contributed by atoms with van der Waals surface area (Å²) in [5.74, 6) is 0. The van der Waals surface area contributed by atoms with Crippen LogP contribution in [0.2, 0.25) is 13.1 Å². The minimum atomic E-state index is -1.48. The number of aryl methyl sites for hydroxylation is 1. The fraction of sp³-hybridized carbons (Fsp3) is 0.429. The molecule has 2 rings (SSSR count). The van der Waals surface area contributed by atoms with Crippen LogP contribution in [0.25, 0.3) is 0 Å². The molecule has 1 unspecified atom stereocenters. The maximum Gasteiger partial charge on any atom is 0.0986 e. The van der Waals surface area contributed by atoms with Crippen molar-refractivity contribution in [2.45, 2.75) is 44.4 Å². The summed E-state index contributed by atoms with van der Waals surface area (Å²) in [6.45, 7) is 5.04. The molecular weight excluding hydrogens is 294 g/mol. The molecule has 2 aromatic rings. The number of nitrogens with zero attached hydrogens (tertiary/aromatic N) is 1. The molecule has 0 aliphatic rings. The molecule has 0 amide bonds. The van der Waals surface area contributed by atoms with E-state index in [9.17, 15) is 0 Å². The van der Waals surface area contributed by atoms with Gasteiger partial charge < -0.3 is 4.90 Å². The third kappa shape index (κ3) is 5.05. The molecule has 0 saturated carbocycles. The third-order valence-corrected chi connectivity index (χ3v) is 9.30. The van der Waals surface area contributed by atoms with E-state index in [0.717, 1.165) is 0 Å². The molecule has 0 bridgehead atoms. The normalized spacial score (nSPS) is 13.3. The van der Waals surface area contributed by atoms with E-state index in [-0.39, 0.29) is 0 Å². The monoisotopic (exact) mass is 325 g/mol. The highest BCUT2D eigenvalue weighted by atomic mass is 28.3. The quantitative estimate of drug-likeness (QED) is 0.511. The van der Waals surface area contributed by atoms with E-state index in [2.05, 4.69) is 92.8 Å². The van der Waals surface area contributed by atoms with Crippen molar-refractivity contribution in [3.05, 3.63) is 66.2 Å². The van der Waals surface area contributed by atoms with Crippen LogP contribution >= 0.6 is 0 Å². The molecule has 0 saturated heterocycles. The summed E-state index contributed by atoms with van der Waals surface area (Å²) in [7, 11) is 3.02. The maximum atomic E-state index is 2.52. The highest BCUT2D eigenvalue weighted by molar-refractivity contribution is 6.91. The first-order chi connectivity index (χ1) is 11.0. The van der Waals surface area contributed by atoms with Gasteiger partial charge in [-0.3, -0.25) is 0 Å². The predicted molar refractivity (Wildman–Crippen MR) is 105 cm³/mol. The molecule has 2 aromatic carbocycles. The van der Waals surface area contributed by atoms with Crippen LogP contribution < -0.4 is 5.19 Å². The largest absolute Gasteiger partial charge is 0.309 e. The zero-order chi connectivity index (χ0) is 16.7. The molecule has 0 aliphatic heterocycles.